The molecule has 0 saturated carbocycles. The monoisotopic (exact) mass is 454 g/mol. The van der Waals surface area contributed by atoms with Gasteiger partial charge in [-0.25, -0.2) is 0 Å². The Morgan fingerprint density at radius 2 is 1.13 bits per heavy atom. The van der Waals surface area contributed by atoms with Crippen molar-refractivity contribution in [1.29, 1.82) is 0 Å². The zero-order chi connectivity index (χ0) is 22.3. The van der Waals surface area contributed by atoms with Crippen LogP contribution in [-0.2, 0) is 37.9 Å². The lowest BCUT2D eigenvalue weighted by Gasteiger charge is -2.47. The lowest BCUT2D eigenvalue weighted by Crippen LogP contribution is -2.66. The minimum Gasteiger partial charge on any atom is -0.394 e. The Kier molecular flexibility index (Phi) is 12.9. The van der Waals surface area contributed by atoms with Crippen molar-refractivity contribution in [3.63, 3.8) is 0 Å². The topological polar surface area (TPSA) is 118 Å². The number of likely N-dealkylation sites (N-methyl/N-ethyl adjacent to an activating group) is 2. The summed E-state index contributed by atoms with van der Waals surface area (Å²) in [6.07, 6.45) is -3.83. The fourth-order valence-corrected chi connectivity index (χ4v) is 4.36. The maximum atomic E-state index is 9.75. The predicted molar refractivity (Wildman–Crippen MR) is 113 cm³/mol. The van der Waals surface area contributed by atoms with Crippen molar-refractivity contribution in [2.75, 3.05) is 62.9 Å². The third kappa shape index (κ3) is 6.12. The van der Waals surface area contributed by atoms with E-state index in [2.05, 4.69) is 10.6 Å². The van der Waals surface area contributed by atoms with Crippen molar-refractivity contribution >= 4 is 0 Å². The van der Waals surface area contributed by atoms with Crippen LogP contribution in [0.4, 0.5) is 0 Å². The maximum absolute atomic E-state index is 9.75. The molecule has 2 heterocycles. The Morgan fingerprint density at radius 1 is 0.677 bits per heavy atom. The molecule has 11 nitrogen and oxygen atoms in total. The second-order valence-electron chi connectivity index (χ2n) is 7.27. The molecule has 0 radical (unpaired) electrons. The molecular weight excluding hydrogens is 412 g/mol. The molecule has 0 amide bonds. The third-order valence-electron chi connectivity index (χ3n) is 5.88. The van der Waals surface area contributed by atoms with Crippen molar-refractivity contribution in [2.24, 2.45) is 0 Å². The van der Waals surface area contributed by atoms with Crippen molar-refractivity contribution in [1.82, 2.24) is 10.6 Å². The summed E-state index contributed by atoms with van der Waals surface area (Å²) < 4.78 is 46.1. The SMILES string of the molecule is C.CNC1[C@H](OC)OC(CO[C@@H]2OC(CO)[C@@H](OC)[C@H](OC)C2NC)[C@@H](OC)[C@@H]1OC. The lowest BCUT2D eigenvalue weighted by molar-refractivity contribution is -0.307. The van der Waals surface area contributed by atoms with Crippen LogP contribution in [0.1, 0.15) is 7.43 Å². The van der Waals surface area contributed by atoms with Crippen molar-refractivity contribution in [3.05, 3.63) is 0 Å². The van der Waals surface area contributed by atoms with Crippen LogP contribution in [0.3, 0.4) is 0 Å². The van der Waals surface area contributed by atoms with Gasteiger partial charge in [0, 0.05) is 35.5 Å². The fraction of sp³-hybridized carbons (Fsp3) is 1.00. The Bertz CT molecular complexity index is 448. The van der Waals surface area contributed by atoms with Gasteiger partial charge in [-0.1, -0.05) is 7.43 Å². The summed E-state index contributed by atoms with van der Waals surface area (Å²) in [5.74, 6) is 0. The molecule has 186 valence electrons. The minimum absolute atomic E-state index is 0. The fourth-order valence-electron chi connectivity index (χ4n) is 4.36. The van der Waals surface area contributed by atoms with Crippen molar-refractivity contribution in [3.8, 4) is 0 Å². The number of aliphatic hydroxyl groups is 1. The molecule has 2 rings (SSSR count). The van der Waals surface area contributed by atoms with E-state index in [9.17, 15) is 5.11 Å². The van der Waals surface area contributed by atoms with Crippen LogP contribution >= 0.6 is 0 Å². The van der Waals surface area contributed by atoms with Crippen LogP contribution < -0.4 is 10.6 Å². The summed E-state index contributed by atoms with van der Waals surface area (Å²) in [4.78, 5) is 0. The Morgan fingerprint density at radius 3 is 1.55 bits per heavy atom. The van der Waals surface area contributed by atoms with E-state index in [0.717, 1.165) is 0 Å². The molecule has 31 heavy (non-hydrogen) atoms. The van der Waals surface area contributed by atoms with Gasteiger partial charge in [0.15, 0.2) is 12.6 Å². The molecule has 2 saturated heterocycles. The van der Waals surface area contributed by atoms with Crippen LogP contribution in [0.5, 0.6) is 0 Å². The number of aliphatic hydroxyl groups excluding tert-OH is 1. The molecule has 2 fully saturated rings. The van der Waals surface area contributed by atoms with Gasteiger partial charge in [-0.05, 0) is 14.1 Å². The molecule has 0 aromatic heterocycles. The lowest BCUT2D eigenvalue weighted by atomic mass is 9.95. The van der Waals surface area contributed by atoms with Crippen LogP contribution in [0.15, 0.2) is 0 Å². The first kappa shape index (κ1) is 28.6. The summed E-state index contributed by atoms with van der Waals surface area (Å²) in [7, 11) is 11.6. The number of ether oxygens (including phenoxy) is 8. The average molecular weight is 455 g/mol. The molecule has 0 aromatic carbocycles. The number of hydrogen-bond acceptors (Lipinski definition) is 11. The van der Waals surface area contributed by atoms with Gasteiger partial charge in [-0.15, -0.1) is 0 Å². The number of nitrogens with one attached hydrogen (secondary N) is 2. The summed E-state index contributed by atoms with van der Waals surface area (Å²) >= 11 is 0. The summed E-state index contributed by atoms with van der Waals surface area (Å²) in [6, 6.07) is -0.537. The highest BCUT2D eigenvalue weighted by molar-refractivity contribution is 4.97. The van der Waals surface area contributed by atoms with Crippen molar-refractivity contribution < 1.29 is 43.0 Å². The zero-order valence-corrected chi connectivity index (χ0v) is 18.9. The van der Waals surface area contributed by atoms with Gasteiger partial charge in [-0.2, -0.15) is 0 Å². The van der Waals surface area contributed by atoms with Crippen LogP contribution in [-0.4, -0.2) is 129 Å². The van der Waals surface area contributed by atoms with E-state index in [-0.39, 0.29) is 44.9 Å². The molecule has 2 aliphatic heterocycles. The van der Waals surface area contributed by atoms with Crippen LogP contribution in [0, 0.1) is 0 Å². The molecule has 10 atom stereocenters. The molecule has 0 bridgehead atoms. The van der Waals surface area contributed by atoms with Crippen molar-refractivity contribution in [2.45, 2.75) is 68.7 Å². The quantitative estimate of drug-likeness (QED) is 0.355. The van der Waals surface area contributed by atoms with Gasteiger partial charge >= 0.3 is 0 Å². The number of hydrogen-bond donors (Lipinski definition) is 3. The van der Waals surface area contributed by atoms with Gasteiger partial charge < -0.3 is 53.6 Å². The highest BCUT2D eigenvalue weighted by atomic mass is 16.7. The van der Waals surface area contributed by atoms with Gasteiger partial charge in [0.05, 0.1) is 25.3 Å². The van der Waals surface area contributed by atoms with E-state index in [0.29, 0.717) is 0 Å². The molecular formula is C20H42N2O9. The Hall–Kier alpha value is -0.440. The van der Waals surface area contributed by atoms with E-state index in [1.54, 1.807) is 42.6 Å². The van der Waals surface area contributed by atoms with E-state index in [1.807, 2.05) is 7.05 Å². The van der Waals surface area contributed by atoms with E-state index < -0.39 is 37.0 Å². The standard InChI is InChI=1S/C19H38N2O9.CH4/c1-20-12-16(25-5)15(24-4)11(30-18(12)27-7)9-28-19-13(21-2)17(26-6)14(23-3)10(8-22)29-19;/h10-22H,8-9H2,1-7H3;1H4/t10?,11?,12?,13?,14-,15-,16-,17-,18-,19-;/m1./s1. The van der Waals surface area contributed by atoms with Gasteiger partial charge in [0.2, 0.25) is 0 Å². The summed E-state index contributed by atoms with van der Waals surface area (Å²) in [6.45, 7) is -0.0691. The van der Waals surface area contributed by atoms with E-state index in [1.165, 1.54) is 0 Å². The normalized spacial score (nSPS) is 41.0. The predicted octanol–water partition coefficient (Wildman–Crippen LogP) is -1.04. The molecule has 3 N–H and O–H groups in total. The number of methoxy groups -OCH3 is 5. The Balaban J connectivity index is 0.00000480. The maximum Gasteiger partial charge on any atom is 0.176 e. The van der Waals surface area contributed by atoms with E-state index in [4.69, 9.17) is 37.9 Å². The van der Waals surface area contributed by atoms with Gasteiger partial charge in [0.25, 0.3) is 0 Å². The molecule has 4 unspecified atom stereocenters. The second kappa shape index (κ2) is 14.0. The zero-order valence-electron chi connectivity index (χ0n) is 18.9. The smallest absolute Gasteiger partial charge is 0.176 e. The summed E-state index contributed by atoms with van der Waals surface area (Å²) in [5.41, 5.74) is 0. The summed E-state index contributed by atoms with van der Waals surface area (Å²) in [5, 5.41) is 16.1. The molecule has 0 aromatic rings. The van der Waals surface area contributed by atoms with Crippen LogP contribution in [0.2, 0.25) is 0 Å². The third-order valence-corrected chi connectivity index (χ3v) is 5.88. The molecule has 11 heteroatoms. The number of rotatable bonds is 11. The Labute approximate surface area is 185 Å². The largest absolute Gasteiger partial charge is 0.394 e. The molecule has 0 spiro atoms. The highest BCUT2D eigenvalue weighted by Crippen LogP contribution is 2.29. The van der Waals surface area contributed by atoms with Gasteiger partial charge in [0.1, 0.15) is 36.6 Å². The second-order valence-corrected chi connectivity index (χ2v) is 7.27. The highest BCUT2D eigenvalue weighted by Gasteiger charge is 2.49. The first-order valence-electron chi connectivity index (χ1n) is 10.1. The molecule has 0 aliphatic carbocycles. The minimum atomic E-state index is -0.700. The van der Waals surface area contributed by atoms with Gasteiger partial charge in [-0.3, -0.25) is 0 Å². The average Bonchev–Trinajstić information content (AvgIpc) is 2.79. The first-order valence-corrected chi connectivity index (χ1v) is 10.1. The van der Waals surface area contributed by atoms with E-state index >= 15 is 0 Å². The first-order chi connectivity index (χ1) is 14.5. The molecule has 2 aliphatic rings. The van der Waals surface area contributed by atoms with Crippen LogP contribution in [0.25, 0.3) is 0 Å².